The molecular weight excluding hydrogens is 349 g/mol. The van der Waals surface area contributed by atoms with Crippen LogP contribution in [0.15, 0.2) is 12.7 Å². The number of anilines is 1. The van der Waals surface area contributed by atoms with E-state index in [0.717, 1.165) is 4.73 Å². The number of nitrogens with two attached hydrogens (primary N) is 1. The highest BCUT2D eigenvalue weighted by Crippen LogP contribution is 2.37. The maximum Gasteiger partial charge on any atom is 0.469 e. The molecule has 13 nitrogen and oxygen atoms in total. The summed E-state index contributed by atoms with van der Waals surface area (Å²) in [5.74, 6) is 0.128. The largest absolute Gasteiger partial charge is 0.469 e. The number of phosphoric ester groups is 1. The van der Waals surface area contributed by atoms with Crippen molar-refractivity contribution in [1.29, 1.82) is 0 Å². The van der Waals surface area contributed by atoms with Gasteiger partial charge in [-0.15, -0.1) is 4.73 Å². The van der Waals surface area contributed by atoms with Crippen LogP contribution in [0, 0.1) is 0 Å². The lowest BCUT2D eigenvalue weighted by Crippen LogP contribution is -2.38. The third-order valence-corrected chi connectivity index (χ3v) is 3.76. The summed E-state index contributed by atoms with van der Waals surface area (Å²) in [6.07, 6.45) is -3.11. The highest BCUT2D eigenvalue weighted by molar-refractivity contribution is 7.46. The number of aromatic nitrogens is 4. The molecule has 2 aromatic rings. The summed E-state index contributed by atoms with van der Waals surface area (Å²) in [6, 6.07) is 0. The predicted molar refractivity (Wildman–Crippen MR) is 75.0 cm³/mol. The molecular formula is C10H14N5O8P. The monoisotopic (exact) mass is 363 g/mol. The van der Waals surface area contributed by atoms with Gasteiger partial charge in [-0.1, -0.05) is 0 Å². The second kappa shape index (κ2) is 6.22. The van der Waals surface area contributed by atoms with E-state index in [-0.39, 0.29) is 17.0 Å². The van der Waals surface area contributed by atoms with E-state index in [4.69, 9.17) is 25.1 Å². The standard InChI is InChI=1S/C10H14N5O8P/c11-8-5-9(13-2-12-8)15(3-14-5)23-10-7(17)6(16)4(22-10)1-21-24(18,19)20/h2-4,6-7,10,16-17H,1H2,(H2,11,12,13)(H2,18,19,20)/t4-,6-,7+,10+/m1/s1. The van der Waals surface area contributed by atoms with Crippen molar-refractivity contribution >= 4 is 24.8 Å². The zero-order chi connectivity index (χ0) is 17.5. The first-order valence-corrected chi connectivity index (χ1v) is 8.11. The number of rotatable bonds is 5. The minimum atomic E-state index is -4.74. The molecule has 6 N–H and O–H groups in total. The number of ether oxygens (including phenoxy) is 1. The number of fused-ring (bicyclic) bond motifs is 1. The van der Waals surface area contributed by atoms with Crippen molar-refractivity contribution in [3.63, 3.8) is 0 Å². The second-order valence-electron chi connectivity index (χ2n) is 4.92. The van der Waals surface area contributed by atoms with Crippen molar-refractivity contribution in [3.05, 3.63) is 12.7 Å². The Morgan fingerprint density at radius 3 is 2.75 bits per heavy atom. The molecule has 24 heavy (non-hydrogen) atoms. The van der Waals surface area contributed by atoms with Crippen molar-refractivity contribution in [2.75, 3.05) is 12.3 Å². The van der Waals surface area contributed by atoms with Crippen LogP contribution in [0.1, 0.15) is 0 Å². The van der Waals surface area contributed by atoms with Gasteiger partial charge in [-0.25, -0.2) is 19.5 Å². The van der Waals surface area contributed by atoms with Gasteiger partial charge in [0.1, 0.15) is 31.0 Å². The molecule has 1 fully saturated rings. The average molecular weight is 363 g/mol. The Bertz CT molecular complexity index is 780. The molecule has 4 atom stereocenters. The maximum atomic E-state index is 10.7. The van der Waals surface area contributed by atoms with Gasteiger partial charge in [0.05, 0.1) is 6.61 Å². The minimum Gasteiger partial charge on any atom is -0.387 e. The fourth-order valence-corrected chi connectivity index (χ4v) is 2.47. The van der Waals surface area contributed by atoms with Gasteiger partial charge in [0.15, 0.2) is 11.3 Å². The summed E-state index contributed by atoms with van der Waals surface area (Å²) < 4.78 is 21.2. The van der Waals surface area contributed by atoms with Crippen molar-refractivity contribution in [2.45, 2.75) is 24.6 Å². The van der Waals surface area contributed by atoms with Crippen LogP contribution in [0.5, 0.6) is 0 Å². The number of nitrogens with zero attached hydrogens (tertiary/aromatic N) is 4. The van der Waals surface area contributed by atoms with Gasteiger partial charge in [-0.2, -0.15) is 0 Å². The Hall–Kier alpha value is -1.86. The second-order valence-corrected chi connectivity index (χ2v) is 6.16. The third-order valence-electron chi connectivity index (χ3n) is 3.27. The molecule has 0 spiro atoms. The quantitative estimate of drug-likeness (QED) is 0.348. The summed E-state index contributed by atoms with van der Waals surface area (Å²) in [5, 5.41) is 19.8. The van der Waals surface area contributed by atoms with Crippen LogP contribution in [0.25, 0.3) is 11.2 Å². The highest BCUT2D eigenvalue weighted by Gasteiger charge is 2.45. The Morgan fingerprint density at radius 2 is 2.04 bits per heavy atom. The maximum absolute atomic E-state index is 10.7. The zero-order valence-corrected chi connectivity index (χ0v) is 12.8. The Morgan fingerprint density at radius 1 is 1.29 bits per heavy atom. The molecule has 0 aliphatic carbocycles. The summed E-state index contributed by atoms with van der Waals surface area (Å²) in [5.41, 5.74) is 6.12. The molecule has 0 saturated carbocycles. The summed E-state index contributed by atoms with van der Waals surface area (Å²) >= 11 is 0. The van der Waals surface area contributed by atoms with Crippen molar-refractivity contribution in [2.24, 2.45) is 0 Å². The van der Waals surface area contributed by atoms with E-state index in [2.05, 4.69) is 19.5 Å². The van der Waals surface area contributed by atoms with E-state index < -0.39 is 39.0 Å². The predicted octanol–water partition coefficient (Wildman–Crippen LogP) is -2.61. The number of hydrogen-bond acceptors (Lipinski definition) is 10. The highest BCUT2D eigenvalue weighted by atomic mass is 31.2. The Kier molecular flexibility index (Phi) is 4.40. The normalized spacial score (nSPS) is 27.7. The summed E-state index contributed by atoms with van der Waals surface area (Å²) in [4.78, 5) is 34.3. The SMILES string of the molecule is Nc1ncnc2c1ncn2O[C@@H]1O[C@H](COP(=O)(O)O)[C@@H](O)[C@@H]1O. The molecule has 3 heterocycles. The smallest absolute Gasteiger partial charge is 0.387 e. The Balaban J connectivity index is 1.73. The number of hydrogen-bond donors (Lipinski definition) is 5. The summed E-state index contributed by atoms with van der Waals surface area (Å²) in [6.45, 7) is -0.637. The molecule has 0 aromatic carbocycles. The van der Waals surface area contributed by atoms with E-state index in [1.807, 2.05) is 0 Å². The molecule has 0 bridgehead atoms. The van der Waals surface area contributed by atoms with Gasteiger partial charge in [0.2, 0.25) is 5.65 Å². The molecule has 0 radical (unpaired) electrons. The van der Waals surface area contributed by atoms with Gasteiger partial charge in [-0.3, -0.25) is 4.52 Å². The molecule has 1 aliphatic heterocycles. The lowest BCUT2D eigenvalue weighted by Gasteiger charge is -2.16. The number of nitrogen functional groups attached to an aromatic ring is 1. The number of imidazole rings is 1. The van der Waals surface area contributed by atoms with Crippen LogP contribution in [-0.4, -0.2) is 70.9 Å². The van der Waals surface area contributed by atoms with Gasteiger partial charge in [0.25, 0.3) is 6.29 Å². The van der Waals surface area contributed by atoms with Crippen molar-refractivity contribution < 1.29 is 38.7 Å². The topological polar surface area (TPSA) is 195 Å². The number of phosphoric acid groups is 1. The van der Waals surface area contributed by atoms with Crippen molar-refractivity contribution in [3.8, 4) is 0 Å². The lowest BCUT2D eigenvalue weighted by molar-refractivity contribution is -0.168. The molecule has 3 rings (SSSR count). The molecule has 1 saturated heterocycles. The number of aliphatic hydroxyl groups is 2. The van der Waals surface area contributed by atoms with Crippen molar-refractivity contribution in [1.82, 2.24) is 19.7 Å². The fraction of sp³-hybridized carbons (Fsp3) is 0.500. The summed E-state index contributed by atoms with van der Waals surface area (Å²) in [7, 11) is -4.74. The van der Waals surface area contributed by atoms with E-state index in [1.165, 1.54) is 12.7 Å². The first kappa shape index (κ1) is 17.0. The van der Waals surface area contributed by atoms with Crippen LogP contribution >= 0.6 is 7.82 Å². The van der Waals surface area contributed by atoms with Crippen LogP contribution in [0.2, 0.25) is 0 Å². The molecule has 2 aromatic heterocycles. The molecule has 0 unspecified atom stereocenters. The average Bonchev–Trinajstić information content (AvgIpc) is 3.03. The van der Waals surface area contributed by atoms with Crippen LogP contribution in [0.3, 0.4) is 0 Å². The fourth-order valence-electron chi connectivity index (χ4n) is 2.13. The first-order valence-electron chi connectivity index (χ1n) is 6.58. The van der Waals surface area contributed by atoms with E-state index in [1.54, 1.807) is 0 Å². The van der Waals surface area contributed by atoms with Gasteiger partial charge >= 0.3 is 7.82 Å². The number of aliphatic hydroxyl groups excluding tert-OH is 2. The van der Waals surface area contributed by atoms with Gasteiger partial charge in [0, 0.05) is 0 Å². The van der Waals surface area contributed by atoms with E-state index in [0.29, 0.717) is 0 Å². The van der Waals surface area contributed by atoms with E-state index >= 15 is 0 Å². The lowest BCUT2D eigenvalue weighted by atomic mass is 10.1. The first-order chi connectivity index (χ1) is 11.3. The Labute approximate surface area is 133 Å². The zero-order valence-electron chi connectivity index (χ0n) is 11.9. The molecule has 14 heteroatoms. The van der Waals surface area contributed by atoms with Crippen LogP contribution in [-0.2, 0) is 13.8 Å². The molecule has 132 valence electrons. The van der Waals surface area contributed by atoms with Crippen LogP contribution in [0.4, 0.5) is 5.82 Å². The van der Waals surface area contributed by atoms with Gasteiger partial charge in [-0.05, 0) is 0 Å². The van der Waals surface area contributed by atoms with Crippen LogP contribution < -0.4 is 10.6 Å². The van der Waals surface area contributed by atoms with E-state index in [9.17, 15) is 14.8 Å². The minimum absolute atomic E-state index is 0.128. The van der Waals surface area contributed by atoms with Gasteiger partial charge < -0.3 is 35.3 Å². The third kappa shape index (κ3) is 3.32. The molecule has 1 aliphatic rings. The molecule has 0 amide bonds.